The number of hydrogen-bond donors (Lipinski definition) is 0. The molecule has 0 saturated heterocycles. The van der Waals surface area contributed by atoms with Crippen LogP contribution in [-0.2, 0) is 25.9 Å². The molecule has 0 bridgehead atoms. The molecule has 31 heavy (non-hydrogen) atoms. The van der Waals surface area contributed by atoms with Gasteiger partial charge in [0, 0.05) is 24.3 Å². The van der Waals surface area contributed by atoms with Gasteiger partial charge in [-0.2, -0.15) is 0 Å². The van der Waals surface area contributed by atoms with E-state index in [1.54, 1.807) is 0 Å². The summed E-state index contributed by atoms with van der Waals surface area (Å²) in [5.74, 6) is 0. The predicted molar refractivity (Wildman–Crippen MR) is 133 cm³/mol. The second kappa shape index (κ2) is 11.8. The van der Waals surface area contributed by atoms with Gasteiger partial charge >= 0.3 is 0 Å². The number of nitrogens with zero attached hydrogens (tertiary/aromatic N) is 2. The summed E-state index contributed by atoms with van der Waals surface area (Å²) in [6, 6.07) is 22.0. The third kappa shape index (κ3) is 6.27. The van der Waals surface area contributed by atoms with Crippen molar-refractivity contribution in [2.24, 2.45) is 0 Å². The van der Waals surface area contributed by atoms with E-state index < -0.39 is 0 Å². The highest BCUT2D eigenvalue weighted by atomic mass is 15.1. The van der Waals surface area contributed by atoms with Gasteiger partial charge in [0.25, 0.3) is 0 Å². The number of rotatable bonds is 11. The summed E-state index contributed by atoms with van der Waals surface area (Å²) < 4.78 is 0. The van der Waals surface area contributed by atoms with Gasteiger partial charge in [-0.3, -0.25) is 9.88 Å². The first-order valence-electron chi connectivity index (χ1n) is 12.0. The van der Waals surface area contributed by atoms with Crippen LogP contribution in [0.15, 0.2) is 60.7 Å². The smallest absolute Gasteiger partial charge is 0.0710 e. The first-order chi connectivity index (χ1) is 15.2. The molecule has 0 radical (unpaired) electrons. The molecule has 1 heterocycles. The first-order valence-corrected chi connectivity index (χ1v) is 12.0. The maximum atomic E-state index is 5.09. The van der Waals surface area contributed by atoms with Crippen LogP contribution in [0.25, 0.3) is 11.3 Å². The van der Waals surface area contributed by atoms with E-state index in [4.69, 9.17) is 4.98 Å². The number of pyridine rings is 1. The van der Waals surface area contributed by atoms with Gasteiger partial charge < -0.3 is 0 Å². The fraction of sp³-hybridized carbons (Fsp3) is 0.414. The second-order valence-electron chi connectivity index (χ2n) is 8.50. The predicted octanol–water partition coefficient (Wildman–Crippen LogP) is 7.37. The highest BCUT2D eigenvalue weighted by Crippen LogP contribution is 2.28. The van der Waals surface area contributed by atoms with E-state index in [0.29, 0.717) is 0 Å². The Morgan fingerprint density at radius 3 is 2.03 bits per heavy atom. The Bertz CT molecular complexity index is 924. The molecule has 2 aromatic carbocycles. The van der Waals surface area contributed by atoms with Crippen molar-refractivity contribution in [2.45, 2.75) is 72.9 Å². The lowest BCUT2D eigenvalue weighted by Crippen LogP contribution is -2.24. The van der Waals surface area contributed by atoms with E-state index in [9.17, 15) is 0 Å². The molecule has 0 aliphatic rings. The number of hydrogen-bond acceptors (Lipinski definition) is 2. The van der Waals surface area contributed by atoms with Crippen LogP contribution in [0, 0.1) is 6.92 Å². The standard InChI is InChI=1S/C29H38N2/c1-5-8-12-20-31(21-24-14-10-9-11-15-24)22-27-18-19-28(30-23(27)4)29-25(6-2)16-13-17-26(29)7-3/h9-11,13-19H,5-8,12,20-22H2,1-4H3. The van der Waals surface area contributed by atoms with Crippen LogP contribution in [0.4, 0.5) is 0 Å². The SMILES string of the molecule is CCCCCN(Cc1ccccc1)Cc1ccc(-c2c(CC)cccc2CC)nc1C. The van der Waals surface area contributed by atoms with Gasteiger partial charge in [-0.15, -0.1) is 0 Å². The molecular weight excluding hydrogens is 376 g/mol. The Morgan fingerprint density at radius 2 is 1.42 bits per heavy atom. The molecular formula is C29H38N2. The largest absolute Gasteiger partial charge is 0.295 e. The van der Waals surface area contributed by atoms with Crippen LogP contribution in [0.1, 0.15) is 68.0 Å². The minimum Gasteiger partial charge on any atom is -0.295 e. The van der Waals surface area contributed by atoms with Gasteiger partial charge in [0.05, 0.1) is 5.69 Å². The van der Waals surface area contributed by atoms with Crippen LogP contribution in [0.2, 0.25) is 0 Å². The van der Waals surface area contributed by atoms with Crippen molar-refractivity contribution in [2.75, 3.05) is 6.54 Å². The topological polar surface area (TPSA) is 16.1 Å². The summed E-state index contributed by atoms with van der Waals surface area (Å²) in [5.41, 5.74) is 9.11. The van der Waals surface area contributed by atoms with Crippen molar-refractivity contribution in [3.05, 3.63) is 88.6 Å². The van der Waals surface area contributed by atoms with E-state index in [1.807, 2.05) is 0 Å². The molecule has 2 heteroatoms. The zero-order valence-corrected chi connectivity index (χ0v) is 19.8. The molecule has 0 aliphatic carbocycles. The molecule has 0 fully saturated rings. The lowest BCUT2D eigenvalue weighted by Gasteiger charge is -2.24. The quantitative estimate of drug-likeness (QED) is 0.304. The Kier molecular flexibility index (Phi) is 8.85. The van der Waals surface area contributed by atoms with Crippen LogP contribution in [-0.4, -0.2) is 16.4 Å². The zero-order valence-electron chi connectivity index (χ0n) is 19.8. The maximum Gasteiger partial charge on any atom is 0.0710 e. The molecule has 3 aromatic rings. The first kappa shape index (κ1) is 23.2. The highest BCUT2D eigenvalue weighted by Gasteiger charge is 2.14. The Labute approximate surface area is 189 Å². The molecule has 2 nitrogen and oxygen atoms in total. The monoisotopic (exact) mass is 414 g/mol. The lowest BCUT2D eigenvalue weighted by molar-refractivity contribution is 0.250. The molecule has 0 aliphatic heterocycles. The molecule has 0 N–H and O–H groups in total. The van der Waals surface area contributed by atoms with E-state index in [0.717, 1.165) is 43.9 Å². The van der Waals surface area contributed by atoms with Gasteiger partial charge in [-0.05, 0) is 61.1 Å². The maximum absolute atomic E-state index is 5.09. The van der Waals surface area contributed by atoms with E-state index >= 15 is 0 Å². The van der Waals surface area contributed by atoms with Crippen LogP contribution >= 0.6 is 0 Å². The van der Waals surface area contributed by atoms with Gasteiger partial charge in [-0.25, -0.2) is 0 Å². The number of unbranched alkanes of at least 4 members (excludes halogenated alkanes) is 2. The van der Waals surface area contributed by atoms with E-state index in [1.165, 1.54) is 47.1 Å². The second-order valence-corrected chi connectivity index (χ2v) is 8.50. The summed E-state index contributed by atoms with van der Waals surface area (Å²) >= 11 is 0. The molecule has 0 amide bonds. The zero-order chi connectivity index (χ0) is 22.1. The van der Waals surface area contributed by atoms with E-state index in [-0.39, 0.29) is 0 Å². The van der Waals surface area contributed by atoms with Crippen LogP contribution < -0.4 is 0 Å². The number of benzene rings is 2. The molecule has 0 atom stereocenters. The van der Waals surface area contributed by atoms with Gasteiger partial charge in [0.15, 0.2) is 0 Å². The van der Waals surface area contributed by atoms with Crippen molar-refractivity contribution in [3.8, 4) is 11.3 Å². The minimum absolute atomic E-state index is 0.952. The fourth-order valence-electron chi connectivity index (χ4n) is 4.35. The summed E-state index contributed by atoms with van der Waals surface area (Å²) in [6.45, 7) is 12.0. The van der Waals surface area contributed by atoms with Gasteiger partial charge in [0.1, 0.15) is 0 Å². The van der Waals surface area contributed by atoms with Gasteiger partial charge in [0.2, 0.25) is 0 Å². The Balaban J connectivity index is 1.84. The third-order valence-electron chi connectivity index (χ3n) is 6.17. The van der Waals surface area contributed by atoms with Crippen molar-refractivity contribution in [1.82, 2.24) is 9.88 Å². The molecule has 1 aromatic heterocycles. The fourth-order valence-corrected chi connectivity index (χ4v) is 4.35. The Hall–Kier alpha value is -2.45. The number of aryl methyl sites for hydroxylation is 3. The minimum atomic E-state index is 0.952. The molecule has 0 spiro atoms. The summed E-state index contributed by atoms with van der Waals surface area (Å²) in [7, 11) is 0. The van der Waals surface area contributed by atoms with Crippen LogP contribution in [0.5, 0.6) is 0 Å². The number of aromatic nitrogens is 1. The summed E-state index contributed by atoms with van der Waals surface area (Å²) in [4.78, 5) is 7.67. The summed E-state index contributed by atoms with van der Waals surface area (Å²) in [5, 5.41) is 0. The van der Waals surface area contributed by atoms with Crippen molar-refractivity contribution < 1.29 is 0 Å². The van der Waals surface area contributed by atoms with Crippen molar-refractivity contribution in [3.63, 3.8) is 0 Å². The average Bonchev–Trinajstić information content (AvgIpc) is 2.80. The molecule has 164 valence electrons. The molecule has 3 rings (SSSR count). The van der Waals surface area contributed by atoms with Crippen molar-refractivity contribution >= 4 is 0 Å². The lowest BCUT2D eigenvalue weighted by atomic mass is 9.94. The Morgan fingerprint density at radius 1 is 0.710 bits per heavy atom. The normalized spacial score (nSPS) is 11.3. The van der Waals surface area contributed by atoms with Gasteiger partial charge in [-0.1, -0.05) is 88.2 Å². The third-order valence-corrected chi connectivity index (χ3v) is 6.17. The molecule has 0 saturated carbocycles. The van der Waals surface area contributed by atoms with Crippen LogP contribution in [0.3, 0.4) is 0 Å². The van der Waals surface area contributed by atoms with E-state index in [2.05, 4.69) is 93.3 Å². The molecule has 0 unspecified atom stereocenters. The highest BCUT2D eigenvalue weighted by molar-refractivity contribution is 5.68. The van der Waals surface area contributed by atoms with Crippen molar-refractivity contribution in [1.29, 1.82) is 0 Å². The average molecular weight is 415 g/mol. The summed E-state index contributed by atoms with van der Waals surface area (Å²) in [6.07, 6.45) is 5.86.